The number of nitrogens with one attached hydrogen (secondary N) is 1. The molecule has 1 heteroatoms. The Kier molecular flexibility index (Phi) is 3.02. The lowest BCUT2D eigenvalue weighted by molar-refractivity contribution is 0.412. The van der Waals surface area contributed by atoms with E-state index in [1.54, 1.807) is 0 Å². The molecule has 0 radical (unpaired) electrons. The van der Waals surface area contributed by atoms with Gasteiger partial charge in [-0.05, 0) is 30.1 Å². The van der Waals surface area contributed by atoms with Crippen molar-refractivity contribution in [2.24, 2.45) is 16.7 Å². The average Bonchev–Trinajstić information content (AvgIpc) is 2.30. The summed E-state index contributed by atoms with van der Waals surface area (Å²) in [5.74, 6) is 0.794. The van der Waals surface area contributed by atoms with Gasteiger partial charge in [0.05, 0.1) is 0 Å². The minimum atomic E-state index is 0.470. The Labute approximate surface area is 89.7 Å². The highest BCUT2D eigenvalue weighted by atomic mass is 15.1. The number of hydrogen-bond acceptors (Lipinski definition) is 1. The van der Waals surface area contributed by atoms with Gasteiger partial charge < -0.3 is 5.32 Å². The summed E-state index contributed by atoms with van der Waals surface area (Å²) in [4.78, 5) is 0. The molecule has 0 bridgehead atoms. The van der Waals surface area contributed by atoms with Crippen LogP contribution in [0.25, 0.3) is 0 Å². The molecule has 84 valence electrons. The Morgan fingerprint density at radius 3 is 1.71 bits per heavy atom. The molecule has 0 aliphatic heterocycles. The van der Waals surface area contributed by atoms with Crippen molar-refractivity contribution in [2.75, 3.05) is 0 Å². The molecule has 0 heterocycles. The topological polar surface area (TPSA) is 12.0 Å². The highest BCUT2D eigenvalue weighted by Gasteiger charge is 2.64. The standard InChI is InChI=1S/C13H27N/c1-9(2)8-10(3)14-11-12(4,5)13(11,6)7/h9-11,14H,8H2,1-7H3. The van der Waals surface area contributed by atoms with Gasteiger partial charge in [0, 0.05) is 12.1 Å². The Morgan fingerprint density at radius 2 is 1.43 bits per heavy atom. The first-order chi connectivity index (χ1) is 6.19. The Hall–Kier alpha value is -0.0400. The van der Waals surface area contributed by atoms with E-state index in [2.05, 4.69) is 53.8 Å². The molecule has 1 rings (SSSR count). The minimum absolute atomic E-state index is 0.470. The van der Waals surface area contributed by atoms with Crippen molar-refractivity contribution in [3.05, 3.63) is 0 Å². The molecule has 1 fully saturated rings. The summed E-state index contributed by atoms with van der Waals surface area (Å²) in [6.07, 6.45) is 1.28. The van der Waals surface area contributed by atoms with Crippen molar-refractivity contribution in [1.29, 1.82) is 0 Å². The maximum absolute atomic E-state index is 3.77. The van der Waals surface area contributed by atoms with Gasteiger partial charge in [-0.1, -0.05) is 41.5 Å². The van der Waals surface area contributed by atoms with Gasteiger partial charge in [0.15, 0.2) is 0 Å². The Morgan fingerprint density at radius 1 is 1.00 bits per heavy atom. The monoisotopic (exact) mass is 197 g/mol. The minimum Gasteiger partial charge on any atom is -0.310 e. The van der Waals surface area contributed by atoms with Crippen LogP contribution < -0.4 is 5.32 Å². The van der Waals surface area contributed by atoms with Crippen molar-refractivity contribution in [1.82, 2.24) is 5.32 Å². The van der Waals surface area contributed by atoms with E-state index in [0.29, 0.717) is 22.9 Å². The maximum Gasteiger partial charge on any atom is 0.0183 e. The molecule has 0 spiro atoms. The molecule has 0 amide bonds. The lowest BCUT2D eigenvalue weighted by atomic mass is 10.0. The highest BCUT2D eigenvalue weighted by Crippen LogP contribution is 2.62. The predicted octanol–water partition coefficient (Wildman–Crippen LogP) is 3.45. The lowest BCUT2D eigenvalue weighted by Gasteiger charge is -2.17. The van der Waals surface area contributed by atoms with Crippen molar-refractivity contribution < 1.29 is 0 Å². The van der Waals surface area contributed by atoms with Gasteiger partial charge in [0.1, 0.15) is 0 Å². The van der Waals surface area contributed by atoms with Crippen LogP contribution in [0.4, 0.5) is 0 Å². The molecular weight excluding hydrogens is 170 g/mol. The third-order valence-electron chi connectivity index (χ3n) is 4.30. The van der Waals surface area contributed by atoms with Gasteiger partial charge in [0.2, 0.25) is 0 Å². The fourth-order valence-corrected chi connectivity index (χ4v) is 2.67. The summed E-state index contributed by atoms with van der Waals surface area (Å²) in [5, 5.41) is 3.77. The van der Waals surface area contributed by atoms with E-state index in [9.17, 15) is 0 Å². The SMILES string of the molecule is CC(C)CC(C)NC1C(C)(C)C1(C)C. The summed E-state index contributed by atoms with van der Waals surface area (Å²) >= 11 is 0. The summed E-state index contributed by atoms with van der Waals surface area (Å²) in [6, 6.07) is 1.35. The van der Waals surface area contributed by atoms with Gasteiger partial charge in [-0.25, -0.2) is 0 Å². The zero-order valence-electron chi connectivity index (χ0n) is 10.9. The van der Waals surface area contributed by atoms with E-state index in [4.69, 9.17) is 0 Å². The smallest absolute Gasteiger partial charge is 0.0183 e. The van der Waals surface area contributed by atoms with E-state index in [0.717, 1.165) is 5.92 Å². The fourth-order valence-electron chi connectivity index (χ4n) is 2.67. The van der Waals surface area contributed by atoms with Gasteiger partial charge in [0.25, 0.3) is 0 Å². The van der Waals surface area contributed by atoms with Crippen LogP contribution in [-0.4, -0.2) is 12.1 Å². The Balaban J connectivity index is 2.41. The van der Waals surface area contributed by atoms with Gasteiger partial charge in [-0.2, -0.15) is 0 Å². The molecule has 0 saturated heterocycles. The Bertz CT molecular complexity index is 189. The predicted molar refractivity (Wildman–Crippen MR) is 63.4 cm³/mol. The molecule has 1 atom stereocenters. The second kappa shape index (κ2) is 3.52. The summed E-state index contributed by atoms with van der Waals surface area (Å²) in [7, 11) is 0. The summed E-state index contributed by atoms with van der Waals surface area (Å²) < 4.78 is 0. The lowest BCUT2D eigenvalue weighted by Crippen LogP contribution is -2.32. The van der Waals surface area contributed by atoms with Crippen LogP contribution in [0.2, 0.25) is 0 Å². The largest absolute Gasteiger partial charge is 0.310 e. The third kappa shape index (κ3) is 1.98. The molecule has 0 aromatic heterocycles. The van der Waals surface area contributed by atoms with Crippen molar-refractivity contribution >= 4 is 0 Å². The molecule has 1 saturated carbocycles. The second-order valence-corrected chi connectivity index (χ2v) is 6.57. The van der Waals surface area contributed by atoms with Gasteiger partial charge in [-0.15, -0.1) is 0 Å². The van der Waals surface area contributed by atoms with Crippen LogP contribution in [0.1, 0.15) is 54.9 Å². The molecule has 14 heavy (non-hydrogen) atoms. The number of hydrogen-bond donors (Lipinski definition) is 1. The van der Waals surface area contributed by atoms with Crippen LogP contribution in [-0.2, 0) is 0 Å². The first-order valence-electron chi connectivity index (χ1n) is 5.95. The van der Waals surface area contributed by atoms with Crippen LogP contribution in [0, 0.1) is 16.7 Å². The molecule has 1 unspecified atom stereocenters. The molecule has 0 aromatic carbocycles. The molecule has 0 aromatic rings. The van der Waals surface area contributed by atoms with Crippen LogP contribution in [0.5, 0.6) is 0 Å². The van der Waals surface area contributed by atoms with Gasteiger partial charge >= 0.3 is 0 Å². The van der Waals surface area contributed by atoms with Crippen molar-refractivity contribution in [2.45, 2.75) is 67.0 Å². The molecule has 1 aliphatic carbocycles. The normalized spacial score (nSPS) is 26.6. The highest BCUT2D eigenvalue weighted by molar-refractivity contribution is 5.18. The van der Waals surface area contributed by atoms with Crippen LogP contribution in [0.15, 0.2) is 0 Å². The molecule has 1 aliphatic rings. The quantitative estimate of drug-likeness (QED) is 0.728. The van der Waals surface area contributed by atoms with Crippen LogP contribution in [0.3, 0.4) is 0 Å². The van der Waals surface area contributed by atoms with Crippen molar-refractivity contribution in [3.63, 3.8) is 0 Å². The third-order valence-corrected chi connectivity index (χ3v) is 4.30. The van der Waals surface area contributed by atoms with Gasteiger partial charge in [-0.3, -0.25) is 0 Å². The molecule has 1 nitrogen and oxygen atoms in total. The second-order valence-electron chi connectivity index (χ2n) is 6.57. The number of rotatable bonds is 4. The summed E-state index contributed by atoms with van der Waals surface area (Å²) in [6.45, 7) is 16.4. The van der Waals surface area contributed by atoms with E-state index in [1.165, 1.54) is 6.42 Å². The van der Waals surface area contributed by atoms with Crippen molar-refractivity contribution in [3.8, 4) is 0 Å². The first kappa shape index (κ1) is 12.0. The van der Waals surface area contributed by atoms with E-state index in [-0.39, 0.29) is 0 Å². The molecule has 1 N–H and O–H groups in total. The van der Waals surface area contributed by atoms with E-state index < -0.39 is 0 Å². The average molecular weight is 197 g/mol. The molecular formula is C13H27N. The fraction of sp³-hybridized carbons (Fsp3) is 1.00. The maximum atomic E-state index is 3.77. The first-order valence-corrected chi connectivity index (χ1v) is 5.95. The zero-order chi connectivity index (χ0) is 11.1. The van der Waals surface area contributed by atoms with E-state index in [1.807, 2.05) is 0 Å². The van der Waals surface area contributed by atoms with Crippen LogP contribution >= 0.6 is 0 Å². The zero-order valence-corrected chi connectivity index (χ0v) is 10.9. The van der Waals surface area contributed by atoms with E-state index >= 15 is 0 Å². The summed E-state index contributed by atoms with van der Waals surface area (Å²) in [5.41, 5.74) is 0.941.